The minimum atomic E-state index is -0.177. The monoisotopic (exact) mass is 485 g/mol. The van der Waals surface area contributed by atoms with E-state index in [1.165, 1.54) is 11.1 Å². The van der Waals surface area contributed by atoms with Crippen LogP contribution in [0.15, 0.2) is 85.1 Å². The van der Waals surface area contributed by atoms with Crippen LogP contribution in [0.25, 0.3) is 0 Å². The van der Waals surface area contributed by atoms with Gasteiger partial charge in [0.2, 0.25) is 0 Å². The van der Waals surface area contributed by atoms with Gasteiger partial charge in [-0.3, -0.25) is 0 Å². The van der Waals surface area contributed by atoms with E-state index < -0.39 is 0 Å². The van der Waals surface area contributed by atoms with E-state index in [9.17, 15) is 0 Å². The summed E-state index contributed by atoms with van der Waals surface area (Å²) >= 11 is 18.5. The zero-order chi connectivity index (χ0) is 23.3. The van der Waals surface area contributed by atoms with E-state index in [-0.39, 0.29) is 17.4 Å². The van der Waals surface area contributed by atoms with E-state index >= 15 is 0 Å². The molecule has 0 heterocycles. The second-order valence-corrected chi connectivity index (χ2v) is 10.4. The van der Waals surface area contributed by atoms with Gasteiger partial charge in [0.25, 0.3) is 0 Å². The van der Waals surface area contributed by atoms with Crippen molar-refractivity contribution in [3.63, 3.8) is 0 Å². The summed E-state index contributed by atoms with van der Waals surface area (Å²) in [4.78, 5) is 0. The molecule has 3 rings (SSSR count). The Morgan fingerprint density at radius 3 is 2.03 bits per heavy atom. The van der Waals surface area contributed by atoms with Crippen LogP contribution in [0, 0.1) is 5.41 Å². The first-order chi connectivity index (χ1) is 15.1. The van der Waals surface area contributed by atoms with E-state index in [4.69, 9.17) is 34.8 Å². The highest BCUT2D eigenvalue weighted by Crippen LogP contribution is 2.33. The largest absolute Gasteiger partial charge is 0.385 e. The molecule has 0 saturated carbocycles. The molecule has 0 aliphatic rings. The molecule has 0 saturated heterocycles. The molecule has 0 aromatic heterocycles. The topological polar surface area (TPSA) is 12.0 Å². The third kappa shape index (κ3) is 6.78. The predicted octanol–water partition coefficient (Wildman–Crippen LogP) is 8.73. The fourth-order valence-electron chi connectivity index (χ4n) is 4.06. The zero-order valence-electron chi connectivity index (χ0n) is 18.8. The van der Waals surface area contributed by atoms with Gasteiger partial charge in [-0.2, -0.15) is 0 Å². The lowest BCUT2D eigenvalue weighted by atomic mass is 9.81. The molecule has 2 atom stereocenters. The van der Waals surface area contributed by atoms with Gasteiger partial charge in [-0.15, -0.1) is 0 Å². The molecule has 168 valence electrons. The fourth-order valence-corrected chi connectivity index (χ4v) is 4.76. The average Bonchev–Trinajstić information content (AvgIpc) is 2.72. The van der Waals surface area contributed by atoms with Crippen molar-refractivity contribution in [3.05, 3.63) is 117 Å². The van der Waals surface area contributed by atoms with Gasteiger partial charge < -0.3 is 5.32 Å². The lowest BCUT2D eigenvalue weighted by molar-refractivity contribution is 0.376. The maximum absolute atomic E-state index is 6.21. The van der Waals surface area contributed by atoms with E-state index in [2.05, 4.69) is 75.1 Å². The number of rotatable bonds is 9. The molecule has 1 nitrogen and oxygen atoms in total. The average molecular weight is 487 g/mol. The van der Waals surface area contributed by atoms with Gasteiger partial charge in [0.05, 0.1) is 0 Å². The van der Waals surface area contributed by atoms with Crippen molar-refractivity contribution < 1.29 is 0 Å². The second-order valence-electron chi connectivity index (χ2n) is 9.10. The van der Waals surface area contributed by atoms with Crippen LogP contribution < -0.4 is 5.32 Å². The molecule has 0 fully saturated rings. The lowest BCUT2D eigenvalue weighted by Crippen LogP contribution is -2.38. The predicted molar refractivity (Wildman–Crippen MR) is 140 cm³/mol. The van der Waals surface area contributed by atoms with Gasteiger partial charge in [0.1, 0.15) is 0 Å². The Labute approximate surface area is 207 Å². The summed E-state index contributed by atoms with van der Waals surface area (Å²) in [6, 6.07) is 24.6. The first-order valence-electron chi connectivity index (χ1n) is 10.8. The Bertz CT molecular complexity index is 1020. The van der Waals surface area contributed by atoms with Crippen LogP contribution in [0.1, 0.15) is 43.4 Å². The number of allylic oxidation sites excluding steroid dienone is 1. The van der Waals surface area contributed by atoms with Crippen LogP contribution in [0.5, 0.6) is 0 Å². The number of nitrogens with one attached hydrogen (secondary N) is 1. The van der Waals surface area contributed by atoms with Gasteiger partial charge in [-0.05, 0) is 66.8 Å². The minimum absolute atomic E-state index is 0.177. The normalized spacial score (nSPS) is 13.4. The molecule has 4 heteroatoms. The highest BCUT2D eigenvalue weighted by molar-refractivity contribution is 6.34. The lowest BCUT2D eigenvalue weighted by Gasteiger charge is -2.34. The SMILES string of the molecule is C=C(N[C@@H](C)C(Cc1ccc(Cl)cc1)c1ccccc1)C(C)(C)Cc1cc(Cl)cc(Cl)c1. The first-order valence-corrected chi connectivity index (χ1v) is 12.0. The van der Waals surface area contributed by atoms with E-state index in [0.717, 1.165) is 29.1 Å². The van der Waals surface area contributed by atoms with E-state index in [0.29, 0.717) is 10.0 Å². The summed E-state index contributed by atoms with van der Waals surface area (Å²) in [7, 11) is 0. The van der Waals surface area contributed by atoms with Crippen LogP contribution in [0.2, 0.25) is 15.1 Å². The van der Waals surface area contributed by atoms with Gasteiger partial charge >= 0.3 is 0 Å². The summed E-state index contributed by atoms with van der Waals surface area (Å²) in [6.07, 6.45) is 1.70. The Balaban J connectivity index is 1.77. The Kier molecular flexibility index (Phi) is 8.33. The molecule has 0 amide bonds. The fraction of sp³-hybridized carbons (Fsp3) is 0.286. The summed E-state index contributed by atoms with van der Waals surface area (Å²) in [5, 5.41) is 5.78. The molecule has 3 aromatic rings. The smallest absolute Gasteiger partial charge is 0.0423 e. The molecule has 0 radical (unpaired) electrons. The molecular weight excluding hydrogens is 457 g/mol. The number of halogens is 3. The van der Waals surface area contributed by atoms with Crippen LogP contribution in [-0.4, -0.2) is 6.04 Å². The Morgan fingerprint density at radius 1 is 0.844 bits per heavy atom. The Morgan fingerprint density at radius 2 is 1.44 bits per heavy atom. The van der Waals surface area contributed by atoms with Crippen molar-refractivity contribution in [2.75, 3.05) is 0 Å². The first kappa shape index (κ1) is 24.7. The maximum Gasteiger partial charge on any atom is 0.0423 e. The summed E-state index contributed by atoms with van der Waals surface area (Å²) < 4.78 is 0. The van der Waals surface area contributed by atoms with Crippen molar-refractivity contribution in [2.24, 2.45) is 5.41 Å². The molecule has 0 aliphatic carbocycles. The van der Waals surface area contributed by atoms with Crippen LogP contribution in [0.3, 0.4) is 0 Å². The van der Waals surface area contributed by atoms with Gasteiger partial charge in [-0.25, -0.2) is 0 Å². The standard InChI is InChI=1S/C28H30Cl3N/c1-19(32-20(2)28(3,4)18-22-14-25(30)17-26(31)15-22)27(23-8-6-5-7-9-23)16-21-10-12-24(29)13-11-21/h5-15,17,19,27,32H,2,16,18H2,1,3-4H3/t19-,27?/m0/s1. The highest BCUT2D eigenvalue weighted by Gasteiger charge is 2.27. The van der Waals surface area contributed by atoms with E-state index in [1.807, 2.05) is 24.3 Å². The Hall–Kier alpha value is -1.93. The van der Waals surface area contributed by atoms with Gasteiger partial charge in [0, 0.05) is 38.1 Å². The van der Waals surface area contributed by atoms with Gasteiger partial charge in [-0.1, -0.05) is 97.7 Å². The van der Waals surface area contributed by atoms with Gasteiger partial charge in [0.15, 0.2) is 0 Å². The van der Waals surface area contributed by atoms with E-state index in [1.54, 1.807) is 6.07 Å². The molecule has 32 heavy (non-hydrogen) atoms. The number of benzene rings is 3. The van der Waals surface area contributed by atoms with Crippen LogP contribution in [-0.2, 0) is 12.8 Å². The van der Waals surface area contributed by atoms with Crippen LogP contribution in [0.4, 0.5) is 0 Å². The third-order valence-corrected chi connectivity index (χ3v) is 6.68. The van der Waals surface area contributed by atoms with Crippen molar-refractivity contribution in [2.45, 2.75) is 45.6 Å². The molecular formula is C28H30Cl3N. The summed E-state index contributed by atoms with van der Waals surface area (Å²) in [5.74, 6) is 0.283. The second kappa shape index (κ2) is 10.8. The molecule has 0 bridgehead atoms. The quantitative estimate of drug-likeness (QED) is 0.319. The molecule has 0 aliphatic heterocycles. The van der Waals surface area contributed by atoms with Crippen molar-refractivity contribution >= 4 is 34.8 Å². The highest BCUT2D eigenvalue weighted by atomic mass is 35.5. The molecule has 0 spiro atoms. The van der Waals surface area contributed by atoms with Crippen LogP contribution >= 0.6 is 34.8 Å². The maximum atomic E-state index is 6.21. The van der Waals surface area contributed by atoms with Crippen molar-refractivity contribution in [1.82, 2.24) is 5.32 Å². The number of hydrogen-bond acceptors (Lipinski definition) is 1. The molecule has 1 unspecified atom stereocenters. The zero-order valence-corrected chi connectivity index (χ0v) is 21.1. The van der Waals surface area contributed by atoms with Crippen molar-refractivity contribution in [3.8, 4) is 0 Å². The minimum Gasteiger partial charge on any atom is -0.385 e. The summed E-state index contributed by atoms with van der Waals surface area (Å²) in [5.41, 5.74) is 4.48. The third-order valence-electron chi connectivity index (χ3n) is 5.99. The molecule has 3 aromatic carbocycles. The molecule has 1 N–H and O–H groups in total. The summed E-state index contributed by atoms with van der Waals surface area (Å²) in [6.45, 7) is 11.0. The number of hydrogen-bond donors (Lipinski definition) is 1. The van der Waals surface area contributed by atoms with Crippen molar-refractivity contribution in [1.29, 1.82) is 0 Å².